The minimum atomic E-state index is -4.47. The van der Waals surface area contributed by atoms with E-state index in [4.69, 9.17) is 11.6 Å². The highest BCUT2D eigenvalue weighted by atomic mass is 35.5. The summed E-state index contributed by atoms with van der Waals surface area (Å²) < 4.78 is 40.7. The van der Waals surface area contributed by atoms with E-state index in [0.29, 0.717) is 16.7 Å². The standard InChI is InChI=1S/C19H9ClF3N3/c20-17-9-13(11-4-3-5-12(8-11)19(21,22)23)14(10-24)18-25-15-6-1-2-7-16(15)26(17)18/h1-9H. The highest BCUT2D eigenvalue weighted by Crippen LogP contribution is 2.36. The Hall–Kier alpha value is -3.04. The molecule has 0 spiro atoms. The number of rotatable bonds is 1. The Bertz CT molecular complexity index is 1200. The average molecular weight is 372 g/mol. The SMILES string of the molecule is N#Cc1c(-c2cccc(C(F)(F)F)c2)cc(Cl)n2c1nc1ccccc12. The number of alkyl halides is 3. The number of hydrogen-bond acceptors (Lipinski definition) is 2. The first kappa shape index (κ1) is 16.4. The molecule has 0 aliphatic rings. The van der Waals surface area contributed by atoms with Crippen LogP contribution in [0.4, 0.5) is 13.2 Å². The van der Waals surface area contributed by atoms with Gasteiger partial charge in [-0.3, -0.25) is 4.40 Å². The predicted octanol–water partition coefficient (Wildman–Crippen LogP) is 5.70. The van der Waals surface area contributed by atoms with E-state index in [1.807, 2.05) is 18.2 Å². The average Bonchev–Trinajstić information content (AvgIpc) is 3.01. The first-order valence-electron chi connectivity index (χ1n) is 7.57. The number of pyridine rings is 1. The molecule has 0 N–H and O–H groups in total. The molecule has 0 saturated carbocycles. The number of hydrogen-bond donors (Lipinski definition) is 0. The molecule has 128 valence electrons. The maximum absolute atomic E-state index is 13.0. The maximum atomic E-state index is 13.0. The van der Waals surface area contributed by atoms with Gasteiger partial charge in [0.05, 0.1) is 16.6 Å². The lowest BCUT2D eigenvalue weighted by atomic mass is 9.99. The van der Waals surface area contributed by atoms with Gasteiger partial charge in [-0.05, 0) is 35.9 Å². The van der Waals surface area contributed by atoms with E-state index in [-0.39, 0.29) is 16.3 Å². The van der Waals surface area contributed by atoms with Gasteiger partial charge in [0, 0.05) is 5.56 Å². The first-order valence-corrected chi connectivity index (χ1v) is 7.95. The van der Waals surface area contributed by atoms with Crippen LogP contribution in [-0.4, -0.2) is 9.38 Å². The van der Waals surface area contributed by atoms with Crippen molar-refractivity contribution in [3.63, 3.8) is 0 Å². The van der Waals surface area contributed by atoms with Crippen molar-refractivity contribution >= 4 is 28.3 Å². The predicted molar refractivity (Wildman–Crippen MR) is 92.9 cm³/mol. The molecule has 0 aliphatic carbocycles. The number of benzene rings is 2. The molecule has 2 aromatic carbocycles. The van der Waals surface area contributed by atoms with E-state index in [1.165, 1.54) is 18.2 Å². The van der Waals surface area contributed by atoms with Crippen molar-refractivity contribution in [2.24, 2.45) is 0 Å². The van der Waals surface area contributed by atoms with Gasteiger partial charge in [0.1, 0.15) is 16.8 Å². The zero-order chi connectivity index (χ0) is 18.5. The summed E-state index contributed by atoms with van der Waals surface area (Å²) >= 11 is 6.38. The van der Waals surface area contributed by atoms with Gasteiger partial charge in [-0.2, -0.15) is 18.4 Å². The minimum absolute atomic E-state index is 0.171. The molecule has 0 amide bonds. The Morgan fingerprint density at radius 1 is 1.04 bits per heavy atom. The summed E-state index contributed by atoms with van der Waals surface area (Å²) in [6.07, 6.45) is -4.47. The second-order valence-corrected chi connectivity index (χ2v) is 6.09. The number of para-hydroxylation sites is 2. The molecule has 0 radical (unpaired) electrons. The van der Waals surface area contributed by atoms with E-state index in [0.717, 1.165) is 17.6 Å². The second kappa shape index (κ2) is 5.75. The molecule has 4 aromatic rings. The van der Waals surface area contributed by atoms with E-state index in [1.54, 1.807) is 10.5 Å². The van der Waals surface area contributed by atoms with E-state index in [9.17, 15) is 18.4 Å². The van der Waals surface area contributed by atoms with Crippen LogP contribution >= 0.6 is 11.6 Å². The molecular weight excluding hydrogens is 363 g/mol. The summed E-state index contributed by atoms with van der Waals surface area (Å²) in [5.74, 6) is 0. The van der Waals surface area contributed by atoms with Crippen LogP contribution in [0.1, 0.15) is 11.1 Å². The van der Waals surface area contributed by atoms with Gasteiger partial charge in [-0.1, -0.05) is 35.9 Å². The van der Waals surface area contributed by atoms with Crippen molar-refractivity contribution in [2.45, 2.75) is 6.18 Å². The van der Waals surface area contributed by atoms with E-state index >= 15 is 0 Å². The lowest BCUT2D eigenvalue weighted by molar-refractivity contribution is -0.137. The Balaban J connectivity index is 2.06. The fourth-order valence-corrected chi connectivity index (χ4v) is 3.27. The van der Waals surface area contributed by atoms with Gasteiger partial charge >= 0.3 is 6.18 Å². The van der Waals surface area contributed by atoms with Crippen LogP contribution in [-0.2, 0) is 6.18 Å². The molecule has 0 atom stereocenters. The summed E-state index contributed by atoms with van der Waals surface area (Å²) in [6.45, 7) is 0. The summed E-state index contributed by atoms with van der Waals surface area (Å²) in [7, 11) is 0. The summed E-state index contributed by atoms with van der Waals surface area (Å²) in [5.41, 5.74) is 1.63. The van der Waals surface area contributed by atoms with Gasteiger partial charge in [-0.15, -0.1) is 0 Å². The molecule has 0 saturated heterocycles. The Labute approximate surface area is 150 Å². The van der Waals surface area contributed by atoms with E-state index in [2.05, 4.69) is 11.1 Å². The molecular formula is C19H9ClF3N3. The highest BCUT2D eigenvalue weighted by Gasteiger charge is 2.30. The van der Waals surface area contributed by atoms with Crippen LogP contribution in [0, 0.1) is 11.3 Å². The normalized spacial score (nSPS) is 11.8. The number of nitrogens with zero attached hydrogens (tertiary/aromatic N) is 3. The summed E-state index contributed by atoms with van der Waals surface area (Å²) in [6, 6.07) is 15.6. The second-order valence-electron chi connectivity index (χ2n) is 5.71. The highest BCUT2D eigenvalue weighted by molar-refractivity contribution is 6.30. The van der Waals surface area contributed by atoms with Crippen molar-refractivity contribution in [2.75, 3.05) is 0 Å². The Morgan fingerprint density at radius 2 is 1.81 bits per heavy atom. The van der Waals surface area contributed by atoms with Gasteiger partial charge in [-0.25, -0.2) is 4.98 Å². The lowest BCUT2D eigenvalue weighted by Crippen LogP contribution is -2.04. The number of imidazole rings is 1. The minimum Gasteiger partial charge on any atom is -0.282 e. The molecule has 26 heavy (non-hydrogen) atoms. The monoisotopic (exact) mass is 371 g/mol. The largest absolute Gasteiger partial charge is 0.416 e. The molecule has 3 nitrogen and oxygen atoms in total. The van der Waals surface area contributed by atoms with Gasteiger partial charge in [0.2, 0.25) is 0 Å². The van der Waals surface area contributed by atoms with E-state index < -0.39 is 11.7 Å². The van der Waals surface area contributed by atoms with Crippen LogP contribution in [0.3, 0.4) is 0 Å². The van der Waals surface area contributed by atoms with Crippen molar-refractivity contribution < 1.29 is 13.2 Å². The lowest BCUT2D eigenvalue weighted by Gasteiger charge is -2.11. The maximum Gasteiger partial charge on any atom is 0.416 e. The molecule has 4 rings (SSSR count). The van der Waals surface area contributed by atoms with Crippen LogP contribution in [0.25, 0.3) is 27.8 Å². The quantitative estimate of drug-likeness (QED) is 0.403. The Kier molecular flexibility index (Phi) is 3.63. The van der Waals surface area contributed by atoms with Crippen LogP contribution in [0.2, 0.25) is 5.15 Å². The summed E-state index contributed by atoms with van der Waals surface area (Å²) in [5, 5.41) is 9.92. The van der Waals surface area contributed by atoms with Crippen molar-refractivity contribution in [1.82, 2.24) is 9.38 Å². The zero-order valence-corrected chi connectivity index (χ0v) is 13.8. The van der Waals surface area contributed by atoms with Crippen LogP contribution in [0.15, 0.2) is 54.6 Å². The number of aromatic nitrogens is 2. The van der Waals surface area contributed by atoms with Gasteiger partial charge in [0.25, 0.3) is 0 Å². The zero-order valence-electron chi connectivity index (χ0n) is 13.0. The molecule has 7 heteroatoms. The third-order valence-electron chi connectivity index (χ3n) is 4.14. The van der Waals surface area contributed by atoms with Crippen molar-refractivity contribution in [3.05, 3.63) is 70.9 Å². The van der Waals surface area contributed by atoms with Crippen LogP contribution < -0.4 is 0 Å². The molecule has 0 bridgehead atoms. The first-order chi connectivity index (χ1) is 12.4. The van der Waals surface area contributed by atoms with Gasteiger partial charge < -0.3 is 0 Å². The van der Waals surface area contributed by atoms with Crippen molar-refractivity contribution in [3.8, 4) is 17.2 Å². The number of nitriles is 1. The Morgan fingerprint density at radius 3 is 2.54 bits per heavy atom. The molecule has 2 aromatic heterocycles. The molecule has 0 unspecified atom stereocenters. The fourth-order valence-electron chi connectivity index (χ4n) is 2.99. The fraction of sp³-hybridized carbons (Fsp3) is 0.0526. The third kappa shape index (κ3) is 2.49. The summed E-state index contributed by atoms with van der Waals surface area (Å²) in [4.78, 5) is 4.44. The topological polar surface area (TPSA) is 41.1 Å². The third-order valence-corrected chi connectivity index (χ3v) is 4.42. The number of fused-ring (bicyclic) bond motifs is 3. The molecule has 0 fully saturated rings. The number of halogens is 4. The van der Waals surface area contributed by atoms with Crippen LogP contribution in [0.5, 0.6) is 0 Å². The molecule has 0 aliphatic heterocycles. The van der Waals surface area contributed by atoms with Crippen molar-refractivity contribution in [1.29, 1.82) is 5.26 Å². The van der Waals surface area contributed by atoms with Gasteiger partial charge in [0.15, 0.2) is 5.65 Å². The molecule has 2 heterocycles. The smallest absolute Gasteiger partial charge is 0.282 e.